The molecule has 23 heavy (non-hydrogen) atoms. The van der Waals surface area contributed by atoms with Crippen molar-refractivity contribution in [1.29, 1.82) is 0 Å². The van der Waals surface area contributed by atoms with Gasteiger partial charge in [0.1, 0.15) is 11.5 Å². The molecule has 1 aliphatic rings. The number of hydrogen-bond donors (Lipinski definition) is 1. The molecule has 0 aliphatic carbocycles. The van der Waals surface area contributed by atoms with Gasteiger partial charge in [-0.1, -0.05) is 12.1 Å². The molecule has 6 heteroatoms. The number of hydrogen-bond acceptors (Lipinski definition) is 3. The standard InChI is InChI=1S/C17H14FN3O2/c18-12-3-1-11(2-4-12)10-20-7-5-13-14-6-8-21(23)17(22)16(14)19-9-15(13)20/h1-5,7,9,23H,6,8,10H2. The summed E-state index contributed by atoms with van der Waals surface area (Å²) < 4.78 is 15.0. The monoisotopic (exact) mass is 311 g/mol. The summed E-state index contributed by atoms with van der Waals surface area (Å²) in [5.74, 6) is -0.714. The van der Waals surface area contributed by atoms with Gasteiger partial charge in [-0.2, -0.15) is 0 Å². The lowest BCUT2D eigenvalue weighted by Gasteiger charge is -2.22. The van der Waals surface area contributed by atoms with E-state index >= 15 is 0 Å². The number of aromatic nitrogens is 2. The van der Waals surface area contributed by atoms with Crippen LogP contribution in [0.15, 0.2) is 42.7 Å². The number of halogens is 1. The van der Waals surface area contributed by atoms with Crippen molar-refractivity contribution >= 4 is 16.8 Å². The molecule has 1 aromatic carbocycles. The third-order valence-electron chi connectivity index (χ3n) is 4.21. The minimum absolute atomic E-state index is 0.256. The Morgan fingerprint density at radius 1 is 1.22 bits per heavy atom. The van der Waals surface area contributed by atoms with Crippen molar-refractivity contribution in [2.24, 2.45) is 0 Å². The van der Waals surface area contributed by atoms with Crippen LogP contribution in [-0.2, 0) is 13.0 Å². The van der Waals surface area contributed by atoms with E-state index in [9.17, 15) is 14.4 Å². The van der Waals surface area contributed by atoms with Crippen LogP contribution in [0.2, 0.25) is 0 Å². The second-order valence-corrected chi connectivity index (χ2v) is 5.63. The lowest BCUT2D eigenvalue weighted by molar-refractivity contribution is -0.0606. The molecule has 0 fully saturated rings. The summed E-state index contributed by atoms with van der Waals surface area (Å²) in [4.78, 5) is 16.2. The summed E-state index contributed by atoms with van der Waals surface area (Å²) in [5.41, 5.74) is 3.09. The fraction of sp³-hybridized carbons (Fsp3) is 0.176. The van der Waals surface area contributed by atoms with Gasteiger partial charge < -0.3 is 4.57 Å². The molecule has 0 radical (unpaired) electrons. The van der Waals surface area contributed by atoms with Gasteiger partial charge in [0.2, 0.25) is 0 Å². The smallest absolute Gasteiger partial charge is 0.296 e. The maximum Gasteiger partial charge on any atom is 0.296 e. The second-order valence-electron chi connectivity index (χ2n) is 5.63. The Labute approximate surface area is 131 Å². The first-order valence-electron chi connectivity index (χ1n) is 7.35. The van der Waals surface area contributed by atoms with E-state index in [1.807, 2.05) is 16.8 Å². The third-order valence-corrected chi connectivity index (χ3v) is 4.21. The van der Waals surface area contributed by atoms with Crippen molar-refractivity contribution in [3.63, 3.8) is 0 Å². The van der Waals surface area contributed by atoms with Gasteiger partial charge in [-0.25, -0.2) is 14.4 Å². The molecule has 1 amide bonds. The summed E-state index contributed by atoms with van der Waals surface area (Å²) in [6.45, 7) is 0.875. The van der Waals surface area contributed by atoms with Crippen LogP contribution >= 0.6 is 0 Å². The van der Waals surface area contributed by atoms with E-state index in [1.165, 1.54) is 12.1 Å². The number of fused-ring (bicyclic) bond motifs is 3. The zero-order chi connectivity index (χ0) is 16.0. The molecular weight excluding hydrogens is 297 g/mol. The second kappa shape index (κ2) is 5.17. The van der Waals surface area contributed by atoms with Crippen molar-refractivity contribution < 1.29 is 14.4 Å². The van der Waals surface area contributed by atoms with Crippen LogP contribution in [0, 0.1) is 5.82 Å². The molecule has 0 bridgehead atoms. The number of pyridine rings is 1. The number of nitrogens with zero attached hydrogens (tertiary/aromatic N) is 3. The van der Waals surface area contributed by atoms with Crippen LogP contribution in [0.25, 0.3) is 10.9 Å². The summed E-state index contributed by atoms with van der Waals surface area (Å²) >= 11 is 0. The van der Waals surface area contributed by atoms with Crippen LogP contribution in [-0.4, -0.2) is 32.3 Å². The van der Waals surface area contributed by atoms with Crippen molar-refractivity contribution in [1.82, 2.24) is 14.6 Å². The van der Waals surface area contributed by atoms with Crippen LogP contribution < -0.4 is 0 Å². The van der Waals surface area contributed by atoms with Gasteiger partial charge in [-0.15, -0.1) is 0 Å². The van der Waals surface area contributed by atoms with E-state index in [0.29, 0.717) is 23.7 Å². The molecule has 5 nitrogen and oxygen atoms in total. The molecule has 0 saturated heterocycles. The summed E-state index contributed by atoms with van der Waals surface area (Å²) in [6.07, 6.45) is 4.16. The third kappa shape index (κ3) is 2.27. The van der Waals surface area contributed by atoms with Crippen LogP contribution in [0.4, 0.5) is 4.39 Å². The molecular formula is C17H14FN3O2. The van der Waals surface area contributed by atoms with E-state index in [-0.39, 0.29) is 12.4 Å². The molecule has 3 aromatic rings. The Morgan fingerprint density at radius 3 is 2.78 bits per heavy atom. The van der Waals surface area contributed by atoms with Gasteiger partial charge in [-0.05, 0) is 35.7 Å². The largest absolute Gasteiger partial charge is 0.342 e. The van der Waals surface area contributed by atoms with Gasteiger partial charge in [0.05, 0.1) is 18.3 Å². The van der Waals surface area contributed by atoms with E-state index in [2.05, 4.69) is 4.98 Å². The molecule has 1 aliphatic heterocycles. The van der Waals surface area contributed by atoms with E-state index in [0.717, 1.165) is 22.0 Å². The molecule has 2 aromatic heterocycles. The molecule has 0 saturated carbocycles. The fourth-order valence-corrected chi connectivity index (χ4v) is 3.02. The first-order valence-corrected chi connectivity index (χ1v) is 7.35. The van der Waals surface area contributed by atoms with Crippen LogP contribution in [0.3, 0.4) is 0 Å². The average Bonchev–Trinajstić information content (AvgIpc) is 2.96. The first kappa shape index (κ1) is 13.9. The zero-order valence-corrected chi connectivity index (χ0v) is 12.2. The summed E-state index contributed by atoms with van der Waals surface area (Å²) in [5, 5.41) is 11.2. The minimum Gasteiger partial charge on any atom is -0.342 e. The van der Waals surface area contributed by atoms with Gasteiger partial charge in [0.15, 0.2) is 0 Å². The lowest BCUT2D eigenvalue weighted by atomic mass is 10.0. The van der Waals surface area contributed by atoms with Crippen molar-refractivity contribution in [2.75, 3.05) is 6.54 Å². The highest BCUT2D eigenvalue weighted by atomic mass is 19.1. The zero-order valence-electron chi connectivity index (χ0n) is 12.2. The molecule has 1 N–H and O–H groups in total. The van der Waals surface area contributed by atoms with E-state index < -0.39 is 5.91 Å². The van der Waals surface area contributed by atoms with Gasteiger partial charge in [-0.3, -0.25) is 10.0 Å². The molecule has 4 rings (SSSR count). The molecule has 116 valence electrons. The highest BCUT2D eigenvalue weighted by molar-refractivity contribution is 5.99. The Kier molecular flexibility index (Phi) is 3.12. The maximum atomic E-state index is 13.0. The van der Waals surface area contributed by atoms with Crippen LogP contribution in [0.1, 0.15) is 21.6 Å². The SMILES string of the molecule is O=C1c2ncc3c(ccn3Cc3ccc(F)cc3)c2CCN1O. The van der Waals surface area contributed by atoms with Crippen molar-refractivity contribution in [2.45, 2.75) is 13.0 Å². The number of carbonyl (C=O) groups is 1. The van der Waals surface area contributed by atoms with Crippen molar-refractivity contribution in [3.8, 4) is 0 Å². The number of amides is 1. The average molecular weight is 311 g/mol. The van der Waals surface area contributed by atoms with Gasteiger partial charge in [0.25, 0.3) is 5.91 Å². The van der Waals surface area contributed by atoms with Crippen molar-refractivity contribution in [3.05, 3.63) is 65.4 Å². The quantitative estimate of drug-likeness (QED) is 0.740. The number of rotatable bonds is 2. The van der Waals surface area contributed by atoms with E-state index in [1.54, 1.807) is 18.3 Å². The summed E-state index contributed by atoms with van der Waals surface area (Å²) in [7, 11) is 0. The fourth-order valence-electron chi connectivity index (χ4n) is 3.02. The van der Waals surface area contributed by atoms with Gasteiger partial charge in [0, 0.05) is 18.1 Å². The normalized spacial score (nSPS) is 14.3. The minimum atomic E-state index is -0.459. The Bertz CT molecular complexity index is 902. The van der Waals surface area contributed by atoms with Gasteiger partial charge >= 0.3 is 0 Å². The number of benzene rings is 1. The Hall–Kier alpha value is -2.73. The first-order chi connectivity index (χ1) is 11.1. The lowest BCUT2D eigenvalue weighted by Crippen LogP contribution is -2.35. The molecule has 3 heterocycles. The number of hydroxylamine groups is 2. The Morgan fingerprint density at radius 2 is 2.00 bits per heavy atom. The maximum absolute atomic E-state index is 13.0. The highest BCUT2D eigenvalue weighted by Crippen LogP contribution is 2.26. The Balaban J connectivity index is 1.76. The molecule has 0 atom stereocenters. The summed E-state index contributed by atoms with van der Waals surface area (Å²) in [6, 6.07) is 8.34. The van der Waals surface area contributed by atoms with E-state index in [4.69, 9.17) is 0 Å². The predicted molar refractivity (Wildman–Crippen MR) is 81.8 cm³/mol. The number of carbonyl (C=O) groups excluding carboxylic acids is 1. The molecule has 0 spiro atoms. The predicted octanol–water partition coefficient (Wildman–Crippen LogP) is 2.61. The topological polar surface area (TPSA) is 58.4 Å². The molecule has 0 unspecified atom stereocenters. The highest BCUT2D eigenvalue weighted by Gasteiger charge is 2.26. The van der Waals surface area contributed by atoms with Crippen LogP contribution in [0.5, 0.6) is 0 Å².